The average molecular weight is 276 g/mol. The second-order valence-corrected chi connectivity index (χ2v) is 5.00. The topological polar surface area (TPSA) is 112 Å². The molecule has 0 aliphatic carbocycles. The molecule has 0 spiro atoms. The minimum Gasteiger partial charge on any atom is -0.368 e. The summed E-state index contributed by atoms with van der Waals surface area (Å²) < 4.78 is 0. The van der Waals surface area contributed by atoms with Crippen LogP contribution in [0.2, 0.25) is 0 Å². The highest BCUT2D eigenvalue weighted by molar-refractivity contribution is 8.01. The molecule has 2 rings (SSSR count). The van der Waals surface area contributed by atoms with E-state index in [-0.39, 0.29) is 0 Å². The zero-order valence-corrected chi connectivity index (χ0v) is 11.0. The molecule has 1 heterocycles. The molecule has 0 bridgehead atoms. The largest absolute Gasteiger partial charge is 0.368 e. The van der Waals surface area contributed by atoms with E-state index in [2.05, 4.69) is 9.97 Å². The predicted octanol–water partition coefficient (Wildman–Crippen LogP) is 0.370. The molecule has 2 aromatic rings. The van der Waals surface area contributed by atoms with E-state index in [9.17, 15) is 9.59 Å². The lowest BCUT2D eigenvalue weighted by Gasteiger charge is -2.10. The van der Waals surface area contributed by atoms with E-state index in [4.69, 9.17) is 11.5 Å². The van der Waals surface area contributed by atoms with Crippen LogP contribution in [0.3, 0.4) is 0 Å². The summed E-state index contributed by atoms with van der Waals surface area (Å²) in [5.74, 6) is -1.57. The third-order valence-electron chi connectivity index (χ3n) is 2.45. The Kier molecular flexibility index (Phi) is 3.66. The predicted molar refractivity (Wildman–Crippen MR) is 72.3 cm³/mol. The molecule has 0 aliphatic rings. The number of benzene rings is 1. The second kappa shape index (κ2) is 5.23. The molecule has 0 saturated carbocycles. The molecule has 19 heavy (non-hydrogen) atoms. The van der Waals surface area contributed by atoms with Gasteiger partial charge in [0, 0.05) is 0 Å². The number of carbonyl (C=O) groups is 2. The Hall–Kier alpha value is -2.15. The molecule has 6 nitrogen and oxygen atoms in total. The second-order valence-electron chi connectivity index (χ2n) is 3.91. The monoisotopic (exact) mass is 276 g/mol. The smallest absolute Gasteiger partial charge is 0.240 e. The normalized spacial score (nSPS) is 10.8. The van der Waals surface area contributed by atoms with Gasteiger partial charge in [-0.25, -0.2) is 9.97 Å². The first kappa shape index (κ1) is 13.3. The molecule has 0 unspecified atom stereocenters. The van der Waals surface area contributed by atoms with Crippen LogP contribution in [0.5, 0.6) is 0 Å². The molecule has 1 aromatic heterocycles. The number of nitrogens with zero attached hydrogens (tertiary/aromatic N) is 2. The lowest BCUT2D eigenvalue weighted by atomic mass is 10.3. The summed E-state index contributed by atoms with van der Waals surface area (Å²) in [6.45, 7) is 1.75. The highest BCUT2D eigenvalue weighted by atomic mass is 32.2. The van der Waals surface area contributed by atoms with Crippen molar-refractivity contribution < 1.29 is 9.59 Å². The molecule has 4 N–H and O–H groups in total. The summed E-state index contributed by atoms with van der Waals surface area (Å²) in [4.78, 5) is 31.1. The van der Waals surface area contributed by atoms with Gasteiger partial charge >= 0.3 is 0 Å². The fraction of sp³-hybridized carbons (Fsp3) is 0.167. The number of aromatic nitrogens is 2. The van der Waals surface area contributed by atoms with Crippen molar-refractivity contribution in [2.24, 2.45) is 11.5 Å². The van der Waals surface area contributed by atoms with Crippen LogP contribution in [0.4, 0.5) is 0 Å². The van der Waals surface area contributed by atoms with Crippen molar-refractivity contribution in [1.29, 1.82) is 0 Å². The summed E-state index contributed by atoms with van der Waals surface area (Å²) in [5, 5.41) is -0.671. The molecule has 0 saturated heterocycles. The molecule has 0 fully saturated rings. The Balaban J connectivity index is 2.42. The van der Waals surface area contributed by atoms with Crippen molar-refractivity contribution in [2.75, 3.05) is 0 Å². The van der Waals surface area contributed by atoms with Gasteiger partial charge in [0.05, 0.1) is 16.7 Å². The van der Waals surface area contributed by atoms with Crippen molar-refractivity contribution in [2.45, 2.75) is 17.2 Å². The van der Waals surface area contributed by atoms with Crippen molar-refractivity contribution in [3.05, 3.63) is 30.0 Å². The van der Waals surface area contributed by atoms with Gasteiger partial charge < -0.3 is 11.5 Å². The number of amides is 2. The van der Waals surface area contributed by atoms with Crippen LogP contribution >= 0.6 is 11.8 Å². The number of hydrogen-bond acceptors (Lipinski definition) is 5. The van der Waals surface area contributed by atoms with Crippen LogP contribution in [-0.2, 0) is 9.59 Å². The maximum Gasteiger partial charge on any atom is 0.240 e. The molecule has 7 heteroatoms. The minimum atomic E-state index is -1.14. The number of thioether (sulfide) groups is 1. The van der Waals surface area contributed by atoms with E-state index in [1.165, 1.54) is 0 Å². The number of primary amides is 2. The molecular formula is C12H12N4O2S. The van der Waals surface area contributed by atoms with Gasteiger partial charge in [0.25, 0.3) is 0 Å². The maximum atomic E-state index is 11.2. The Bertz CT molecular complexity index is 645. The molecule has 0 atom stereocenters. The van der Waals surface area contributed by atoms with Crippen LogP contribution in [0.15, 0.2) is 29.3 Å². The van der Waals surface area contributed by atoms with Gasteiger partial charge in [-0.2, -0.15) is 0 Å². The van der Waals surface area contributed by atoms with E-state index in [1.54, 1.807) is 13.0 Å². The number of rotatable bonds is 4. The summed E-state index contributed by atoms with van der Waals surface area (Å²) in [6, 6.07) is 7.33. The van der Waals surface area contributed by atoms with Crippen molar-refractivity contribution in [3.63, 3.8) is 0 Å². The van der Waals surface area contributed by atoms with E-state index in [0.29, 0.717) is 16.2 Å². The van der Waals surface area contributed by atoms with Crippen LogP contribution < -0.4 is 11.5 Å². The molecule has 98 valence electrons. The summed E-state index contributed by atoms with van der Waals surface area (Å²) >= 11 is 0.924. The SMILES string of the molecule is Cc1nc2ccccc2nc1SC(C(N)=O)C(N)=O. The number of nitrogens with two attached hydrogens (primary N) is 2. The Morgan fingerprint density at radius 2 is 1.63 bits per heavy atom. The van der Waals surface area contributed by atoms with Gasteiger partial charge in [-0.05, 0) is 19.1 Å². The molecule has 0 aliphatic heterocycles. The first-order valence-electron chi connectivity index (χ1n) is 5.47. The van der Waals surface area contributed by atoms with Crippen molar-refractivity contribution in [3.8, 4) is 0 Å². The van der Waals surface area contributed by atoms with Gasteiger partial charge in [-0.1, -0.05) is 23.9 Å². The van der Waals surface area contributed by atoms with Gasteiger partial charge in [-0.15, -0.1) is 0 Å². The summed E-state index contributed by atoms with van der Waals surface area (Å²) in [5.41, 5.74) is 12.3. The van der Waals surface area contributed by atoms with Gasteiger partial charge in [0.1, 0.15) is 5.03 Å². The molecule has 0 radical (unpaired) electrons. The lowest BCUT2D eigenvalue weighted by Crippen LogP contribution is -2.37. The van der Waals surface area contributed by atoms with Crippen LogP contribution in [0, 0.1) is 6.92 Å². The summed E-state index contributed by atoms with van der Waals surface area (Å²) in [6.07, 6.45) is 0. The first-order chi connectivity index (χ1) is 8.99. The number of para-hydroxylation sites is 2. The Morgan fingerprint density at radius 3 is 2.16 bits per heavy atom. The standard InChI is InChI=1S/C12H12N4O2S/c1-6-12(19-9(10(13)17)11(14)18)16-8-5-3-2-4-7(8)15-6/h2-5,9H,1H3,(H2,13,17)(H2,14,18). The van der Waals surface area contributed by atoms with E-state index in [0.717, 1.165) is 17.3 Å². The van der Waals surface area contributed by atoms with Gasteiger partial charge in [0.15, 0.2) is 5.25 Å². The third kappa shape index (κ3) is 2.82. The average Bonchev–Trinajstić information content (AvgIpc) is 2.35. The Morgan fingerprint density at radius 1 is 1.11 bits per heavy atom. The zero-order chi connectivity index (χ0) is 14.0. The third-order valence-corrected chi connectivity index (χ3v) is 3.76. The maximum absolute atomic E-state index is 11.2. The first-order valence-corrected chi connectivity index (χ1v) is 6.35. The highest BCUT2D eigenvalue weighted by Crippen LogP contribution is 2.25. The fourth-order valence-corrected chi connectivity index (χ4v) is 2.37. The van der Waals surface area contributed by atoms with Crippen LogP contribution in [-0.4, -0.2) is 27.0 Å². The van der Waals surface area contributed by atoms with Gasteiger partial charge in [0.2, 0.25) is 11.8 Å². The molecule has 1 aromatic carbocycles. The van der Waals surface area contributed by atoms with E-state index < -0.39 is 17.1 Å². The fourth-order valence-electron chi connectivity index (χ4n) is 1.55. The van der Waals surface area contributed by atoms with E-state index >= 15 is 0 Å². The number of aryl methyl sites for hydroxylation is 1. The number of hydrogen-bond donors (Lipinski definition) is 2. The zero-order valence-electron chi connectivity index (χ0n) is 10.2. The highest BCUT2D eigenvalue weighted by Gasteiger charge is 2.25. The van der Waals surface area contributed by atoms with Crippen molar-refractivity contribution >= 4 is 34.6 Å². The Labute approximate surface area is 113 Å². The van der Waals surface area contributed by atoms with Gasteiger partial charge in [-0.3, -0.25) is 9.59 Å². The van der Waals surface area contributed by atoms with Crippen LogP contribution in [0.1, 0.15) is 5.69 Å². The van der Waals surface area contributed by atoms with Crippen LogP contribution in [0.25, 0.3) is 11.0 Å². The lowest BCUT2D eigenvalue weighted by molar-refractivity contribution is -0.125. The summed E-state index contributed by atoms with van der Waals surface area (Å²) in [7, 11) is 0. The van der Waals surface area contributed by atoms with Crippen molar-refractivity contribution in [1.82, 2.24) is 9.97 Å². The minimum absolute atomic E-state index is 0.473. The quantitative estimate of drug-likeness (QED) is 0.619. The van der Waals surface area contributed by atoms with E-state index in [1.807, 2.05) is 18.2 Å². The molecular weight excluding hydrogens is 264 g/mol. The molecule has 2 amide bonds. The number of carbonyl (C=O) groups excluding carboxylic acids is 2. The number of fused-ring (bicyclic) bond motifs is 1.